The predicted octanol–water partition coefficient (Wildman–Crippen LogP) is 2.96. The van der Waals surface area contributed by atoms with Gasteiger partial charge in [0.1, 0.15) is 0 Å². The number of nitrogens with two attached hydrogens (primary N) is 1. The van der Waals surface area contributed by atoms with Crippen LogP contribution in [0.3, 0.4) is 0 Å². The summed E-state index contributed by atoms with van der Waals surface area (Å²) < 4.78 is 18.7. The van der Waals surface area contributed by atoms with E-state index in [1.807, 2.05) is 12.1 Å². The molecular formula is C16H17FN2O. The molecule has 1 heterocycles. The molecule has 0 saturated heterocycles. The van der Waals surface area contributed by atoms with Crippen molar-refractivity contribution in [3.8, 4) is 5.75 Å². The topological polar surface area (TPSA) is 48.1 Å². The Bertz CT molecular complexity index is 630. The van der Waals surface area contributed by atoms with Gasteiger partial charge < -0.3 is 10.5 Å². The van der Waals surface area contributed by atoms with Crippen LogP contribution in [0.2, 0.25) is 0 Å². The molecule has 0 aliphatic heterocycles. The molecule has 20 heavy (non-hydrogen) atoms. The zero-order valence-electron chi connectivity index (χ0n) is 11.3. The minimum absolute atomic E-state index is 0.152. The highest BCUT2D eigenvalue weighted by Crippen LogP contribution is 2.39. The van der Waals surface area contributed by atoms with Crippen LogP contribution in [0.1, 0.15) is 35.2 Å². The predicted molar refractivity (Wildman–Crippen MR) is 75.2 cm³/mol. The number of ether oxygens (including phenoxy) is 1. The number of aromatic nitrogens is 1. The highest BCUT2D eigenvalue weighted by Gasteiger charge is 2.30. The first-order valence-corrected chi connectivity index (χ1v) is 6.73. The smallest absolute Gasteiger partial charge is 0.165 e. The molecule has 1 aliphatic carbocycles. The highest BCUT2D eigenvalue weighted by atomic mass is 19.1. The Labute approximate surface area is 117 Å². The third-order valence-electron chi connectivity index (χ3n) is 4.00. The monoisotopic (exact) mass is 272 g/mol. The average Bonchev–Trinajstić information content (AvgIpc) is 2.90. The first kappa shape index (κ1) is 13.1. The molecule has 1 aromatic heterocycles. The van der Waals surface area contributed by atoms with Crippen molar-refractivity contribution in [3.05, 3.63) is 59.2 Å². The number of halogens is 1. The quantitative estimate of drug-likeness (QED) is 0.934. The summed E-state index contributed by atoms with van der Waals surface area (Å²) in [5.41, 5.74) is 9.42. The van der Waals surface area contributed by atoms with E-state index in [-0.39, 0.29) is 23.5 Å². The van der Waals surface area contributed by atoms with Gasteiger partial charge in [-0.05, 0) is 42.2 Å². The third kappa shape index (κ3) is 2.16. The molecule has 0 fully saturated rings. The average molecular weight is 272 g/mol. The lowest BCUT2D eigenvalue weighted by Gasteiger charge is -2.20. The number of nitrogens with zero attached hydrogens (tertiary/aromatic N) is 1. The van der Waals surface area contributed by atoms with Crippen molar-refractivity contribution >= 4 is 0 Å². The van der Waals surface area contributed by atoms with Gasteiger partial charge in [-0.3, -0.25) is 4.98 Å². The Balaban J connectivity index is 1.90. The second-order valence-electron chi connectivity index (χ2n) is 5.11. The fourth-order valence-electron chi connectivity index (χ4n) is 2.92. The number of pyridine rings is 1. The maximum Gasteiger partial charge on any atom is 0.165 e. The molecule has 0 radical (unpaired) electrons. The zero-order valence-corrected chi connectivity index (χ0v) is 11.3. The van der Waals surface area contributed by atoms with Crippen molar-refractivity contribution in [2.45, 2.75) is 24.8 Å². The minimum atomic E-state index is -0.375. The third-order valence-corrected chi connectivity index (χ3v) is 4.00. The molecule has 2 unspecified atom stereocenters. The summed E-state index contributed by atoms with van der Waals surface area (Å²) >= 11 is 0. The molecule has 0 saturated carbocycles. The fourth-order valence-corrected chi connectivity index (χ4v) is 2.92. The summed E-state index contributed by atoms with van der Waals surface area (Å²) in [6.07, 6.45) is 3.74. The van der Waals surface area contributed by atoms with Crippen LogP contribution >= 0.6 is 0 Å². The van der Waals surface area contributed by atoms with Crippen molar-refractivity contribution in [3.63, 3.8) is 0 Å². The summed E-state index contributed by atoms with van der Waals surface area (Å²) in [5.74, 6) is 0.0181. The van der Waals surface area contributed by atoms with E-state index in [0.717, 1.165) is 24.1 Å². The van der Waals surface area contributed by atoms with Crippen molar-refractivity contribution in [1.82, 2.24) is 4.98 Å². The van der Waals surface area contributed by atoms with Crippen LogP contribution in [0, 0.1) is 5.82 Å². The lowest BCUT2D eigenvalue weighted by Crippen LogP contribution is -2.19. The molecule has 1 aliphatic rings. The molecule has 0 bridgehead atoms. The summed E-state index contributed by atoms with van der Waals surface area (Å²) in [5, 5.41) is 0. The fraction of sp³-hybridized carbons (Fsp3) is 0.312. The van der Waals surface area contributed by atoms with Crippen LogP contribution in [0.4, 0.5) is 4.39 Å². The molecule has 1 aromatic carbocycles. The van der Waals surface area contributed by atoms with Gasteiger partial charge in [-0.15, -0.1) is 0 Å². The summed E-state index contributed by atoms with van der Waals surface area (Å²) in [6.45, 7) is 0. The van der Waals surface area contributed by atoms with Crippen LogP contribution in [0.15, 0.2) is 36.5 Å². The molecule has 104 valence electrons. The van der Waals surface area contributed by atoms with Gasteiger partial charge in [0.2, 0.25) is 0 Å². The Morgan fingerprint density at radius 1 is 1.40 bits per heavy atom. The number of hydrogen-bond acceptors (Lipinski definition) is 3. The Kier molecular flexibility index (Phi) is 3.40. The maximum atomic E-state index is 13.8. The largest absolute Gasteiger partial charge is 0.494 e. The first-order chi connectivity index (χ1) is 9.70. The maximum absolute atomic E-state index is 13.8. The van der Waals surface area contributed by atoms with Gasteiger partial charge >= 0.3 is 0 Å². The molecule has 3 nitrogen and oxygen atoms in total. The number of hydrogen-bond donors (Lipinski definition) is 1. The van der Waals surface area contributed by atoms with Crippen LogP contribution < -0.4 is 10.5 Å². The SMILES string of the molecule is COc1ccc(C(N)C2CCc3cccnc32)cc1F. The van der Waals surface area contributed by atoms with Crippen molar-refractivity contribution in [2.24, 2.45) is 5.73 Å². The van der Waals surface area contributed by atoms with E-state index < -0.39 is 0 Å². The van der Waals surface area contributed by atoms with Gasteiger partial charge in [0.05, 0.1) is 7.11 Å². The lowest BCUT2D eigenvalue weighted by molar-refractivity contribution is 0.385. The second kappa shape index (κ2) is 5.21. The summed E-state index contributed by atoms with van der Waals surface area (Å²) in [6, 6.07) is 8.70. The summed E-state index contributed by atoms with van der Waals surface area (Å²) in [4.78, 5) is 4.44. The minimum Gasteiger partial charge on any atom is -0.494 e. The Hall–Kier alpha value is -1.94. The van der Waals surface area contributed by atoms with E-state index in [9.17, 15) is 4.39 Å². The molecule has 4 heteroatoms. The lowest BCUT2D eigenvalue weighted by atomic mass is 9.91. The molecule has 2 atom stereocenters. The van der Waals surface area contributed by atoms with Crippen LogP contribution in [-0.2, 0) is 6.42 Å². The molecule has 0 amide bonds. The number of benzene rings is 1. The molecule has 2 aromatic rings. The van der Waals surface area contributed by atoms with Gasteiger partial charge in [-0.2, -0.15) is 0 Å². The standard InChI is InChI=1S/C16H17FN2O/c1-20-14-7-5-11(9-13(14)17)15(18)12-6-4-10-3-2-8-19-16(10)12/h2-3,5,7-9,12,15H,4,6,18H2,1H3. The molecule has 3 rings (SSSR count). The van der Waals surface area contributed by atoms with Gasteiger partial charge in [0, 0.05) is 23.9 Å². The van der Waals surface area contributed by atoms with Gasteiger partial charge in [-0.25, -0.2) is 4.39 Å². The normalized spacial score (nSPS) is 18.6. The van der Waals surface area contributed by atoms with E-state index in [1.165, 1.54) is 18.7 Å². The van der Waals surface area contributed by atoms with Crippen molar-refractivity contribution in [1.29, 1.82) is 0 Å². The second-order valence-corrected chi connectivity index (χ2v) is 5.11. The number of rotatable bonds is 3. The number of methoxy groups -OCH3 is 1. The van der Waals surface area contributed by atoms with Crippen LogP contribution in [0.5, 0.6) is 5.75 Å². The molecule has 2 N–H and O–H groups in total. The van der Waals surface area contributed by atoms with E-state index in [1.54, 1.807) is 12.3 Å². The Morgan fingerprint density at radius 3 is 3.00 bits per heavy atom. The zero-order chi connectivity index (χ0) is 14.1. The van der Waals surface area contributed by atoms with Crippen molar-refractivity contribution in [2.75, 3.05) is 7.11 Å². The van der Waals surface area contributed by atoms with E-state index in [0.29, 0.717) is 0 Å². The van der Waals surface area contributed by atoms with Gasteiger partial charge in [-0.1, -0.05) is 12.1 Å². The van der Waals surface area contributed by atoms with E-state index in [4.69, 9.17) is 10.5 Å². The molecular weight excluding hydrogens is 255 g/mol. The highest BCUT2D eigenvalue weighted by molar-refractivity contribution is 5.36. The van der Waals surface area contributed by atoms with E-state index in [2.05, 4.69) is 11.1 Å². The van der Waals surface area contributed by atoms with Crippen molar-refractivity contribution < 1.29 is 9.13 Å². The number of fused-ring (bicyclic) bond motifs is 1. The first-order valence-electron chi connectivity index (χ1n) is 6.73. The molecule has 0 spiro atoms. The number of aryl methyl sites for hydroxylation is 1. The van der Waals surface area contributed by atoms with E-state index >= 15 is 0 Å². The Morgan fingerprint density at radius 2 is 2.25 bits per heavy atom. The van der Waals surface area contributed by atoms with Gasteiger partial charge in [0.25, 0.3) is 0 Å². The van der Waals surface area contributed by atoms with Gasteiger partial charge in [0.15, 0.2) is 11.6 Å². The summed E-state index contributed by atoms with van der Waals surface area (Å²) in [7, 11) is 1.45. The van der Waals surface area contributed by atoms with Crippen LogP contribution in [-0.4, -0.2) is 12.1 Å². The van der Waals surface area contributed by atoms with Crippen LogP contribution in [0.25, 0.3) is 0 Å².